The summed E-state index contributed by atoms with van der Waals surface area (Å²) in [7, 11) is -4.68. The molecule has 3 rings (SSSR count). The number of rotatable bonds is 2. The Balaban J connectivity index is 2.25. The standard InChI is InChI=1S/C17H14BrNO5S/c1-9-2-7-13-12(8-9)16(21)14(17(19-13)25(22,23)24)15(20)10-3-5-11(18)6-4-10/h2-8,17,19-20H,1H3,(H,22,23,24). The van der Waals surface area contributed by atoms with Gasteiger partial charge in [-0.15, -0.1) is 0 Å². The maximum Gasteiger partial charge on any atom is 0.290 e. The molecule has 0 saturated carbocycles. The van der Waals surface area contributed by atoms with Crippen molar-refractivity contribution in [2.75, 3.05) is 5.32 Å². The van der Waals surface area contributed by atoms with Crippen molar-refractivity contribution in [3.8, 4) is 0 Å². The molecule has 1 heterocycles. The summed E-state index contributed by atoms with van der Waals surface area (Å²) in [5, 5.41) is 11.4. The number of ketones is 1. The van der Waals surface area contributed by atoms with Crippen molar-refractivity contribution in [2.24, 2.45) is 0 Å². The van der Waals surface area contributed by atoms with Crippen LogP contribution in [-0.4, -0.2) is 29.2 Å². The van der Waals surface area contributed by atoms with Crippen molar-refractivity contribution in [3.63, 3.8) is 0 Å². The fraction of sp³-hybridized carbons (Fsp3) is 0.118. The minimum absolute atomic E-state index is 0.235. The van der Waals surface area contributed by atoms with Gasteiger partial charge >= 0.3 is 0 Å². The van der Waals surface area contributed by atoms with Gasteiger partial charge in [-0.25, -0.2) is 0 Å². The van der Waals surface area contributed by atoms with Gasteiger partial charge in [-0.05, 0) is 31.2 Å². The molecule has 8 heteroatoms. The van der Waals surface area contributed by atoms with Crippen LogP contribution in [0, 0.1) is 6.92 Å². The van der Waals surface area contributed by atoms with Gasteiger partial charge < -0.3 is 10.4 Å². The van der Waals surface area contributed by atoms with Gasteiger partial charge in [0.1, 0.15) is 5.76 Å². The molecule has 0 radical (unpaired) electrons. The zero-order valence-corrected chi connectivity index (χ0v) is 15.4. The van der Waals surface area contributed by atoms with Crippen LogP contribution in [0.15, 0.2) is 52.5 Å². The van der Waals surface area contributed by atoms with Crippen LogP contribution in [-0.2, 0) is 10.1 Å². The van der Waals surface area contributed by atoms with Crippen LogP contribution in [0.3, 0.4) is 0 Å². The Morgan fingerprint density at radius 1 is 1.16 bits per heavy atom. The van der Waals surface area contributed by atoms with E-state index in [1.165, 1.54) is 12.1 Å². The smallest absolute Gasteiger partial charge is 0.290 e. The SMILES string of the molecule is Cc1ccc2c(c1)C(=O)C(=C(O)c1ccc(Br)cc1)C(S(=O)(=O)O)N2. The second-order valence-electron chi connectivity index (χ2n) is 5.69. The summed E-state index contributed by atoms with van der Waals surface area (Å²) in [4.78, 5) is 12.9. The predicted molar refractivity (Wildman–Crippen MR) is 98.2 cm³/mol. The molecule has 0 fully saturated rings. The highest BCUT2D eigenvalue weighted by Crippen LogP contribution is 2.34. The summed E-state index contributed by atoms with van der Waals surface area (Å²) in [6, 6.07) is 11.2. The average Bonchev–Trinajstić information content (AvgIpc) is 2.54. The number of hydrogen-bond acceptors (Lipinski definition) is 5. The molecular formula is C17H14BrNO5S. The molecule has 130 valence electrons. The van der Waals surface area contributed by atoms with E-state index in [-0.39, 0.29) is 16.8 Å². The van der Waals surface area contributed by atoms with E-state index < -0.39 is 32.6 Å². The molecule has 0 amide bonds. The van der Waals surface area contributed by atoms with Gasteiger partial charge in [0.25, 0.3) is 10.1 Å². The Labute approximate surface area is 153 Å². The number of anilines is 1. The number of Topliss-reactive ketones (excluding diaryl/α,β-unsaturated/α-hetero) is 1. The lowest BCUT2D eigenvalue weighted by Crippen LogP contribution is -2.39. The molecule has 2 aromatic rings. The number of aliphatic hydroxyl groups excluding tert-OH is 1. The largest absolute Gasteiger partial charge is 0.507 e. The highest BCUT2D eigenvalue weighted by molar-refractivity contribution is 9.10. The topological polar surface area (TPSA) is 104 Å². The molecule has 2 aromatic carbocycles. The van der Waals surface area contributed by atoms with Gasteiger partial charge in [-0.2, -0.15) is 8.42 Å². The van der Waals surface area contributed by atoms with E-state index >= 15 is 0 Å². The lowest BCUT2D eigenvalue weighted by molar-refractivity contribution is 0.102. The van der Waals surface area contributed by atoms with Crippen LogP contribution >= 0.6 is 15.9 Å². The Kier molecular flexibility index (Phi) is 4.44. The Morgan fingerprint density at radius 3 is 2.40 bits per heavy atom. The molecule has 0 aromatic heterocycles. The van der Waals surface area contributed by atoms with Crippen LogP contribution in [0.2, 0.25) is 0 Å². The molecule has 1 unspecified atom stereocenters. The molecule has 0 aliphatic carbocycles. The van der Waals surface area contributed by atoms with E-state index in [1.807, 2.05) is 0 Å². The quantitative estimate of drug-likeness (QED) is 0.387. The molecule has 1 aliphatic heterocycles. The Morgan fingerprint density at radius 2 is 1.80 bits per heavy atom. The minimum atomic E-state index is -4.68. The van der Waals surface area contributed by atoms with E-state index in [2.05, 4.69) is 21.2 Å². The summed E-state index contributed by atoms with van der Waals surface area (Å²) in [5.41, 5.74) is 1.17. The van der Waals surface area contributed by atoms with E-state index in [0.717, 1.165) is 10.0 Å². The van der Waals surface area contributed by atoms with Crippen LogP contribution in [0.4, 0.5) is 5.69 Å². The van der Waals surface area contributed by atoms with Gasteiger partial charge in [-0.1, -0.05) is 39.7 Å². The first-order valence-corrected chi connectivity index (χ1v) is 9.55. The van der Waals surface area contributed by atoms with Crippen LogP contribution in [0.25, 0.3) is 5.76 Å². The maximum atomic E-state index is 12.9. The molecule has 3 N–H and O–H groups in total. The summed E-state index contributed by atoms with van der Waals surface area (Å²) < 4.78 is 33.9. The fourth-order valence-electron chi connectivity index (χ4n) is 2.67. The third-order valence-corrected chi connectivity index (χ3v) is 5.36. The summed E-state index contributed by atoms with van der Waals surface area (Å²) in [5.74, 6) is -1.15. The number of halogens is 1. The van der Waals surface area contributed by atoms with Gasteiger partial charge in [0, 0.05) is 21.3 Å². The van der Waals surface area contributed by atoms with Gasteiger partial charge in [0.15, 0.2) is 11.2 Å². The van der Waals surface area contributed by atoms with E-state index in [1.54, 1.807) is 37.3 Å². The number of fused-ring (bicyclic) bond motifs is 1. The van der Waals surface area contributed by atoms with Gasteiger partial charge in [0.05, 0.1) is 5.57 Å². The average molecular weight is 424 g/mol. The molecule has 1 aliphatic rings. The molecule has 0 saturated heterocycles. The van der Waals surface area contributed by atoms with Crippen molar-refractivity contribution in [3.05, 3.63) is 69.2 Å². The number of carbonyl (C=O) groups excluding carboxylic acids is 1. The second kappa shape index (κ2) is 6.29. The Hall–Kier alpha value is -2.16. The van der Waals surface area contributed by atoms with Crippen molar-refractivity contribution < 1.29 is 22.9 Å². The second-order valence-corrected chi connectivity index (χ2v) is 8.10. The number of aryl methyl sites for hydroxylation is 1. The molecular weight excluding hydrogens is 410 g/mol. The molecule has 25 heavy (non-hydrogen) atoms. The van der Waals surface area contributed by atoms with Crippen LogP contribution in [0.5, 0.6) is 0 Å². The number of benzene rings is 2. The van der Waals surface area contributed by atoms with Crippen molar-refractivity contribution in [1.29, 1.82) is 0 Å². The number of aliphatic hydroxyl groups is 1. The molecule has 1 atom stereocenters. The van der Waals surface area contributed by atoms with Crippen LogP contribution < -0.4 is 5.32 Å². The van der Waals surface area contributed by atoms with E-state index in [4.69, 9.17) is 0 Å². The van der Waals surface area contributed by atoms with E-state index in [0.29, 0.717) is 0 Å². The minimum Gasteiger partial charge on any atom is -0.507 e. The summed E-state index contributed by atoms with van der Waals surface area (Å²) in [6.07, 6.45) is 0. The normalized spacial score (nSPS) is 19.2. The first kappa shape index (κ1) is 17.7. The summed E-state index contributed by atoms with van der Waals surface area (Å²) in [6.45, 7) is 1.79. The highest BCUT2D eigenvalue weighted by Gasteiger charge is 2.40. The molecule has 6 nitrogen and oxygen atoms in total. The summed E-state index contributed by atoms with van der Waals surface area (Å²) >= 11 is 3.26. The first-order chi connectivity index (χ1) is 11.7. The third kappa shape index (κ3) is 3.33. The van der Waals surface area contributed by atoms with Crippen molar-refractivity contribution in [1.82, 2.24) is 0 Å². The lowest BCUT2D eigenvalue weighted by Gasteiger charge is -2.27. The van der Waals surface area contributed by atoms with Gasteiger partial charge in [-0.3, -0.25) is 9.35 Å². The zero-order chi connectivity index (χ0) is 18.4. The monoisotopic (exact) mass is 423 g/mol. The van der Waals surface area contributed by atoms with E-state index in [9.17, 15) is 22.9 Å². The van der Waals surface area contributed by atoms with Crippen molar-refractivity contribution in [2.45, 2.75) is 12.3 Å². The fourth-order valence-corrected chi connectivity index (χ4v) is 3.72. The maximum absolute atomic E-state index is 12.9. The molecule has 0 bridgehead atoms. The zero-order valence-electron chi connectivity index (χ0n) is 13.0. The number of carbonyl (C=O) groups is 1. The highest BCUT2D eigenvalue weighted by atomic mass is 79.9. The Bertz CT molecular complexity index is 996. The first-order valence-electron chi connectivity index (χ1n) is 7.26. The van der Waals surface area contributed by atoms with Gasteiger partial charge in [0.2, 0.25) is 0 Å². The number of hydrogen-bond donors (Lipinski definition) is 3. The molecule has 0 spiro atoms. The number of nitrogens with one attached hydrogen (secondary N) is 1. The van der Waals surface area contributed by atoms with Crippen LogP contribution in [0.1, 0.15) is 21.5 Å². The predicted octanol–water partition coefficient (Wildman–Crippen LogP) is 3.55. The lowest BCUT2D eigenvalue weighted by atomic mass is 9.93. The van der Waals surface area contributed by atoms with Crippen molar-refractivity contribution >= 4 is 43.3 Å². The third-order valence-electron chi connectivity index (χ3n) is 3.88.